The Labute approximate surface area is 187 Å². The first-order valence-electron chi connectivity index (χ1n) is 11.4. The molecule has 0 radical (unpaired) electrons. The van der Waals surface area contributed by atoms with Gasteiger partial charge in [-0.25, -0.2) is 0 Å². The number of nitrogens with two attached hydrogens (primary N) is 1. The minimum Gasteiger partial charge on any atom is -0.382 e. The smallest absolute Gasteiger partial charge is 0.237 e. The Bertz CT molecular complexity index is 1260. The lowest BCUT2D eigenvalue weighted by Gasteiger charge is -2.22. The van der Waals surface area contributed by atoms with Crippen molar-refractivity contribution in [2.45, 2.75) is 38.1 Å². The number of fused-ring (bicyclic) bond motifs is 3. The average Bonchev–Trinajstić information content (AvgIpc) is 3.23. The van der Waals surface area contributed by atoms with Crippen molar-refractivity contribution in [2.75, 3.05) is 18.4 Å². The van der Waals surface area contributed by atoms with Crippen LogP contribution in [0.4, 0.5) is 5.69 Å². The summed E-state index contributed by atoms with van der Waals surface area (Å²) in [5.41, 5.74) is 13.1. The fourth-order valence-electron chi connectivity index (χ4n) is 4.71. The summed E-state index contributed by atoms with van der Waals surface area (Å²) in [4.78, 5) is 20.7. The molecule has 0 saturated heterocycles. The van der Waals surface area contributed by atoms with Crippen molar-refractivity contribution in [3.8, 4) is 0 Å². The Kier molecular flexibility index (Phi) is 5.77. The Balaban J connectivity index is 1.21. The van der Waals surface area contributed by atoms with Crippen LogP contribution in [0.3, 0.4) is 0 Å². The summed E-state index contributed by atoms with van der Waals surface area (Å²) < 4.78 is 0. The normalized spacial score (nSPS) is 14.3. The highest BCUT2D eigenvalue weighted by molar-refractivity contribution is 5.93. The van der Waals surface area contributed by atoms with Crippen LogP contribution in [0, 0.1) is 0 Å². The molecule has 2 aromatic heterocycles. The Hall–Kier alpha value is -3.38. The number of carbonyl (C=O) groups is 1. The van der Waals surface area contributed by atoms with Gasteiger partial charge in [0.05, 0.1) is 11.6 Å². The molecule has 0 spiro atoms. The number of aromatic nitrogens is 2. The molecule has 1 atom stereocenters. The van der Waals surface area contributed by atoms with E-state index in [9.17, 15) is 4.79 Å². The molecular weight excluding hydrogens is 398 g/mol. The van der Waals surface area contributed by atoms with Gasteiger partial charge in [0.25, 0.3) is 0 Å². The molecule has 0 aliphatic heterocycles. The van der Waals surface area contributed by atoms with Crippen LogP contribution in [0.5, 0.6) is 0 Å². The number of para-hydroxylation sites is 2. The quantitative estimate of drug-likeness (QED) is 0.338. The topological polar surface area (TPSA) is 95.8 Å². The summed E-state index contributed by atoms with van der Waals surface area (Å²) in [5.74, 6) is -0.126. The summed E-state index contributed by atoms with van der Waals surface area (Å²) in [6.07, 6.45) is 6.93. The molecule has 2 heterocycles. The molecule has 0 saturated carbocycles. The van der Waals surface area contributed by atoms with Crippen LogP contribution < -0.4 is 16.4 Å². The van der Waals surface area contributed by atoms with Crippen LogP contribution in [0.25, 0.3) is 21.8 Å². The highest BCUT2D eigenvalue weighted by atomic mass is 16.2. The zero-order valence-corrected chi connectivity index (χ0v) is 18.2. The molecule has 1 aliphatic rings. The summed E-state index contributed by atoms with van der Waals surface area (Å²) in [6.45, 7) is 1.16. The van der Waals surface area contributed by atoms with Crippen LogP contribution in [0.2, 0.25) is 0 Å². The van der Waals surface area contributed by atoms with Gasteiger partial charge in [-0.15, -0.1) is 0 Å². The van der Waals surface area contributed by atoms with Gasteiger partial charge in [-0.2, -0.15) is 0 Å². The fraction of sp³-hybridized carbons (Fsp3) is 0.308. The van der Waals surface area contributed by atoms with Crippen molar-refractivity contribution in [1.82, 2.24) is 15.3 Å². The second kappa shape index (κ2) is 9.01. The van der Waals surface area contributed by atoms with E-state index in [2.05, 4.69) is 39.9 Å². The van der Waals surface area contributed by atoms with E-state index in [0.29, 0.717) is 19.5 Å². The van der Waals surface area contributed by atoms with E-state index in [-0.39, 0.29) is 5.91 Å². The number of amides is 1. The molecule has 164 valence electrons. The Morgan fingerprint density at radius 1 is 1.03 bits per heavy atom. The summed E-state index contributed by atoms with van der Waals surface area (Å²) in [7, 11) is 0. The maximum atomic E-state index is 12.6. The number of H-pyrrole nitrogens is 1. The zero-order chi connectivity index (χ0) is 21.9. The third-order valence-corrected chi connectivity index (χ3v) is 6.35. The number of hydrogen-bond acceptors (Lipinski definition) is 4. The molecule has 6 nitrogen and oxygen atoms in total. The van der Waals surface area contributed by atoms with Gasteiger partial charge in [0, 0.05) is 47.0 Å². The zero-order valence-electron chi connectivity index (χ0n) is 18.2. The van der Waals surface area contributed by atoms with Crippen molar-refractivity contribution < 1.29 is 4.79 Å². The van der Waals surface area contributed by atoms with Gasteiger partial charge < -0.3 is 21.4 Å². The number of nitrogens with one attached hydrogen (secondary N) is 3. The number of carbonyl (C=O) groups excluding carboxylic acids is 1. The highest BCUT2D eigenvalue weighted by Gasteiger charge is 2.19. The third kappa shape index (κ3) is 4.06. The largest absolute Gasteiger partial charge is 0.382 e. The number of aromatic amines is 1. The maximum Gasteiger partial charge on any atom is 0.237 e. The van der Waals surface area contributed by atoms with E-state index in [1.165, 1.54) is 29.8 Å². The third-order valence-electron chi connectivity index (χ3n) is 6.35. The molecule has 0 unspecified atom stereocenters. The fourth-order valence-corrected chi connectivity index (χ4v) is 4.71. The molecule has 4 aromatic rings. The first-order chi connectivity index (χ1) is 15.7. The number of pyridine rings is 1. The van der Waals surface area contributed by atoms with Crippen molar-refractivity contribution in [1.29, 1.82) is 0 Å². The van der Waals surface area contributed by atoms with Crippen LogP contribution >= 0.6 is 0 Å². The first kappa shape index (κ1) is 20.5. The maximum absolute atomic E-state index is 12.6. The average molecular weight is 428 g/mol. The molecule has 6 heteroatoms. The lowest BCUT2D eigenvalue weighted by atomic mass is 9.92. The van der Waals surface area contributed by atoms with Gasteiger partial charge in [-0.1, -0.05) is 36.4 Å². The molecule has 0 bridgehead atoms. The molecule has 1 aliphatic carbocycles. The highest BCUT2D eigenvalue weighted by Crippen LogP contribution is 2.33. The van der Waals surface area contributed by atoms with Gasteiger partial charge >= 0.3 is 0 Å². The number of nitrogens with zero attached hydrogens (tertiary/aromatic N) is 1. The molecule has 5 rings (SSSR count). The lowest BCUT2D eigenvalue weighted by Crippen LogP contribution is -2.43. The SMILES string of the molecule is N[C@H](Cc1c[nH]c2ccccc12)C(=O)NCCNc1c2c(nc3ccccc13)CCCC2. The standard InChI is InChI=1S/C26H29N5O/c27-21(15-17-16-30-22-10-4-1-7-18(17)22)26(32)29-14-13-28-25-19-8-2-5-11-23(19)31-24-12-6-3-9-20(24)25/h1-2,4-5,7-8,10-11,16,21,30H,3,6,9,12-15,27H2,(H,28,31)(H,29,32)/t21-/m1/s1. The lowest BCUT2D eigenvalue weighted by molar-refractivity contribution is -0.122. The van der Waals surface area contributed by atoms with Crippen LogP contribution in [-0.2, 0) is 24.1 Å². The molecule has 0 fully saturated rings. The number of benzene rings is 2. The minimum atomic E-state index is -0.580. The predicted molar refractivity (Wildman–Crippen MR) is 130 cm³/mol. The Morgan fingerprint density at radius 3 is 2.72 bits per heavy atom. The monoisotopic (exact) mass is 427 g/mol. The summed E-state index contributed by atoms with van der Waals surface area (Å²) >= 11 is 0. The molecule has 2 aromatic carbocycles. The number of rotatable bonds is 7. The van der Waals surface area contributed by atoms with Crippen LogP contribution in [0.15, 0.2) is 54.7 Å². The van der Waals surface area contributed by atoms with Crippen molar-refractivity contribution in [3.63, 3.8) is 0 Å². The Morgan fingerprint density at radius 2 is 1.81 bits per heavy atom. The van der Waals surface area contributed by atoms with Gasteiger partial charge in [0.1, 0.15) is 0 Å². The van der Waals surface area contributed by atoms with E-state index in [0.717, 1.165) is 40.2 Å². The minimum absolute atomic E-state index is 0.126. The molecule has 32 heavy (non-hydrogen) atoms. The van der Waals surface area contributed by atoms with Gasteiger partial charge in [0.2, 0.25) is 5.91 Å². The second-order valence-electron chi connectivity index (χ2n) is 8.52. The summed E-state index contributed by atoms with van der Waals surface area (Å²) in [6, 6.07) is 15.8. The van der Waals surface area contributed by atoms with Crippen molar-refractivity contribution in [2.24, 2.45) is 5.73 Å². The van der Waals surface area contributed by atoms with E-state index < -0.39 is 6.04 Å². The number of anilines is 1. The van der Waals surface area contributed by atoms with E-state index >= 15 is 0 Å². The van der Waals surface area contributed by atoms with Crippen molar-refractivity contribution >= 4 is 33.4 Å². The number of hydrogen-bond donors (Lipinski definition) is 4. The number of aryl methyl sites for hydroxylation is 1. The van der Waals surface area contributed by atoms with E-state index in [1.54, 1.807) is 0 Å². The predicted octanol–water partition coefficient (Wildman–Crippen LogP) is 3.69. The first-order valence-corrected chi connectivity index (χ1v) is 11.4. The summed E-state index contributed by atoms with van der Waals surface area (Å²) in [5, 5.41) is 8.83. The van der Waals surface area contributed by atoms with Crippen molar-refractivity contribution in [3.05, 3.63) is 71.5 Å². The van der Waals surface area contributed by atoms with Crippen LogP contribution in [-0.4, -0.2) is 35.0 Å². The van der Waals surface area contributed by atoms with Gasteiger partial charge in [0.15, 0.2) is 0 Å². The molecule has 5 N–H and O–H groups in total. The van der Waals surface area contributed by atoms with E-state index in [4.69, 9.17) is 10.7 Å². The van der Waals surface area contributed by atoms with E-state index in [1.807, 2.05) is 30.5 Å². The van der Waals surface area contributed by atoms with Crippen LogP contribution in [0.1, 0.15) is 29.7 Å². The molecule has 1 amide bonds. The van der Waals surface area contributed by atoms with Gasteiger partial charge in [-0.3, -0.25) is 9.78 Å². The molecular formula is C26H29N5O. The second-order valence-corrected chi connectivity index (χ2v) is 8.52. The van der Waals surface area contributed by atoms with Gasteiger partial charge in [-0.05, 0) is 55.4 Å².